The lowest BCUT2D eigenvalue weighted by atomic mass is 10.1. The van der Waals surface area contributed by atoms with Crippen molar-refractivity contribution in [3.05, 3.63) is 0 Å². The van der Waals surface area contributed by atoms with Crippen LogP contribution in [-0.2, 0) is 9.53 Å². The number of rotatable bonds is 11. The number of carbonyl (C=O) groups is 1. The lowest BCUT2D eigenvalue weighted by molar-refractivity contribution is -0.140. The van der Waals surface area contributed by atoms with E-state index in [1.807, 2.05) is 0 Å². The number of aliphatic imine (C=N–C) groups is 1. The third-order valence-corrected chi connectivity index (χ3v) is 2.82. The van der Waals surface area contributed by atoms with Crippen molar-refractivity contribution in [1.29, 1.82) is 0 Å². The molecule has 0 fully saturated rings. The van der Waals surface area contributed by atoms with Crippen LogP contribution >= 0.6 is 12.2 Å². The molecule has 0 saturated carbocycles. The molecule has 98 valence electrons. The third kappa shape index (κ3) is 13.2. The molecule has 0 aromatic heterocycles. The summed E-state index contributed by atoms with van der Waals surface area (Å²) in [7, 11) is 1.44. The van der Waals surface area contributed by atoms with Gasteiger partial charge in [0.25, 0.3) is 0 Å². The van der Waals surface area contributed by atoms with Gasteiger partial charge in [0.2, 0.25) is 0 Å². The predicted octanol–water partition coefficient (Wildman–Crippen LogP) is 3.77. The van der Waals surface area contributed by atoms with Gasteiger partial charge in [-0.3, -0.25) is 4.79 Å². The highest BCUT2D eigenvalue weighted by Gasteiger charge is 1.98. The van der Waals surface area contributed by atoms with Crippen molar-refractivity contribution in [2.75, 3.05) is 13.7 Å². The van der Waals surface area contributed by atoms with E-state index in [-0.39, 0.29) is 5.97 Å². The maximum Gasteiger partial charge on any atom is 0.305 e. The number of hydrogen-bond acceptors (Lipinski definition) is 4. The highest BCUT2D eigenvalue weighted by atomic mass is 32.1. The van der Waals surface area contributed by atoms with Crippen molar-refractivity contribution in [1.82, 2.24) is 0 Å². The van der Waals surface area contributed by atoms with E-state index in [9.17, 15) is 4.79 Å². The van der Waals surface area contributed by atoms with E-state index >= 15 is 0 Å². The van der Waals surface area contributed by atoms with Crippen molar-refractivity contribution in [2.45, 2.75) is 57.8 Å². The zero-order valence-electron chi connectivity index (χ0n) is 10.7. The van der Waals surface area contributed by atoms with Crippen LogP contribution in [0.2, 0.25) is 0 Å². The van der Waals surface area contributed by atoms with E-state index in [1.54, 1.807) is 0 Å². The van der Waals surface area contributed by atoms with E-state index < -0.39 is 0 Å². The average molecular weight is 257 g/mol. The zero-order valence-corrected chi connectivity index (χ0v) is 11.6. The van der Waals surface area contributed by atoms with E-state index in [0.717, 1.165) is 25.8 Å². The van der Waals surface area contributed by atoms with Crippen LogP contribution < -0.4 is 0 Å². The Morgan fingerprint density at radius 1 is 1.06 bits per heavy atom. The Morgan fingerprint density at radius 2 is 1.59 bits per heavy atom. The van der Waals surface area contributed by atoms with Crippen molar-refractivity contribution in [3.8, 4) is 0 Å². The molecule has 0 amide bonds. The quantitative estimate of drug-likeness (QED) is 0.245. The first-order valence-corrected chi connectivity index (χ1v) is 6.82. The van der Waals surface area contributed by atoms with Crippen molar-refractivity contribution in [3.63, 3.8) is 0 Å². The number of thiocarbonyl (C=S) groups is 1. The van der Waals surface area contributed by atoms with Crippen LogP contribution in [0.15, 0.2) is 4.99 Å². The molecule has 0 aliphatic heterocycles. The van der Waals surface area contributed by atoms with Gasteiger partial charge >= 0.3 is 5.97 Å². The minimum Gasteiger partial charge on any atom is -0.469 e. The minimum atomic E-state index is -0.0934. The Bertz CT molecular complexity index is 238. The summed E-state index contributed by atoms with van der Waals surface area (Å²) in [5, 5.41) is 2.38. The van der Waals surface area contributed by atoms with Gasteiger partial charge in [-0.25, -0.2) is 4.99 Å². The molecule has 0 aromatic rings. The Hall–Kier alpha value is -0.730. The second-order valence-corrected chi connectivity index (χ2v) is 4.31. The van der Waals surface area contributed by atoms with Crippen LogP contribution in [0.5, 0.6) is 0 Å². The predicted molar refractivity (Wildman–Crippen MR) is 73.5 cm³/mol. The fourth-order valence-electron chi connectivity index (χ4n) is 1.67. The summed E-state index contributed by atoms with van der Waals surface area (Å²) in [6.07, 6.45) is 10.0. The lowest BCUT2D eigenvalue weighted by Crippen LogP contribution is -1.99. The monoisotopic (exact) mass is 257 g/mol. The number of ether oxygens (including phenoxy) is 1. The molecule has 3 nitrogen and oxygen atoms in total. The number of nitrogens with zero attached hydrogens (tertiary/aromatic N) is 1. The molecule has 0 unspecified atom stereocenters. The normalized spacial score (nSPS) is 9.71. The summed E-state index contributed by atoms with van der Waals surface area (Å²) in [5.41, 5.74) is 0. The van der Waals surface area contributed by atoms with Crippen LogP contribution in [0.1, 0.15) is 57.8 Å². The lowest BCUT2D eigenvalue weighted by Gasteiger charge is -2.01. The molecule has 4 heteroatoms. The fraction of sp³-hybridized carbons (Fsp3) is 0.846. The van der Waals surface area contributed by atoms with Gasteiger partial charge in [-0.2, -0.15) is 0 Å². The highest BCUT2D eigenvalue weighted by molar-refractivity contribution is 7.78. The Balaban J connectivity index is 3.03. The molecule has 0 aliphatic rings. The standard InChI is InChI=1S/C13H23NO2S/c1-16-13(15)10-8-6-4-2-3-5-7-9-11-14-12-17/h2-11H2,1H3. The Kier molecular flexibility index (Phi) is 12.8. The van der Waals surface area contributed by atoms with Crippen LogP contribution in [0.3, 0.4) is 0 Å². The topological polar surface area (TPSA) is 38.7 Å². The fourth-order valence-corrected chi connectivity index (χ4v) is 1.76. The number of carbonyl (C=O) groups excluding carboxylic acids is 1. The summed E-state index contributed by atoms with van der Waals surface area (Å²) < 4.78 is 4.58. The largest absolute Gasteiger partial charge is 0.469 e. The molecule has 0 aliphatic carbocycles. The van der Waals surface area contributed by atoms with E-state index in [4.69, 9.17) is 0 Å². The van der Waals surface area contributed by atoms with Crippen molar-refractivity contribution < 1.29 is 9.53 Å². The number of hydrogen-bond donors (Lipinski definition) is 0. The van der Waals surface area contributed by atoms with Crippen LogP contribution in [0, 0.1) is 0 Å². The molecule has 0 radical (unpaired) electrons. The van der Waals surface area contributed by atoms with Crippen LogP contribution in [0.4, 0.5) is 0 Å². The van der Waals surface area contributed by atoms with Gasteiger partial charge in [-0.05, 0) is 25.1 Å². The summed E-state index contributed by atoms with van der Waals surface area (Å²) in [6, 6.07) is 0. The second kappa shape index (κ2) is 13.3. The van der Waals surface area contributed by atoms with Gasteiger partial charge in [0.1, 0.15) is 0 Å². The van der Waals surface area contributed by atoms with Crippen molar-refractivity contribution >= 4 is 23.3 Å². The smallest absolute Gasteiger partial charge is 0.305 e. The van der Waals surface area contributed by atoms with Crippen LogP contribution in [0.25, 0.3) is 0 Å². The summed E-state index contributed by atoms with van der Waals surface area (Å²) >= 11 is 4.49. The zero-order chi connectivity index (χ0) is 12.8. The van der Waals surface area contributed by atoms with Crippen LogP contribution in [-0.4, -0.2) is 24.8 Å². The van der Waals surface area contributed by atoms with Gasteiger partial charge in [0, 0.05) is 13.0 Å². The van der Waals surface area contributed by atoms with Crippen molar-refractivity contribution in [2.24, 2.45) is 4.99 Å². The van der Waals surface area contributed by atoms with Gasteiger partial charge < -0.3 is 4.74 Å². The molecule has 0 atom stereocenters. The Labute approximate surface area is 110 Å². The maximum atomic E-state index is 10.8. The number of esters is 1. The number of methoxy groups -OCH3 is 1. The van der Waals surface area contributed by atoms with E-state index in [0.29, 0.717) is 6.42 Å². The first-order valence-electron chi connectivity index (χ1n) is 6.41. The minimum absolute atomic E-state index is 0.0934. The molecule has 0 spiro atoms. The first-order chi connectivity index (χ1) is 8.31. The maximum absolute atomic E-state index is 10.8. The number of isothiocyanates is 1. The van der Waals surface area contributed by atoms with E-state index in [1.165, 1.54) is 39.2 Å². The molecule has 0 rings (SSSR count). The molecular weight excluding hydrogens is 234 g/mol. The molecular formula is C13H23NO2S. The second-order valence-electron chi connectivity index (χ2n) is 4.13. The van der Waals surface area contributed by atoms with Gasteiger partial charge in [-0.1, -0.05) is 38.5 Å². The Morgan fingerprint density at radius 3 is 2.12 bits per heavy atom. The van der Waals surface area contributed by atoms with Gasteiger partial charge in [-0.15, -0.1) is 0 Å². The van der Waals surface area contributed by atoms with Gasteiger partial charge in [0.15, 0.2) is 0 Å². The summed E-state index contributed by atoms with van der Waals surface area (Å²) in [5.74, 6) is -0.0934. The molecule has 0 heterocycles. The first kappa shape index (κ1) is 16.3. The molecule has 0 N–H and O–H groups in total. The molecule has 17 heavy (non-hydrogen) atoms. The highest BCUT2D eigenvalue weighted by Crippen LogP contribution is 2.09. The van der Waals surface area contributed by atoms with Gasteiger partial charge in [0.05, 0.1) is 12.3 Å². The number of unbranched alkanes of at least 4 members (excludes halogenated alkanes) is 7. The van der Waals surface area contributed by atoms with E-state index in [2.05, 4.69) is 27.1 Å². The summed E-state index contributed by atoms with van der Waals surface area (Å²) in [4.78, 5) is 14.7. The molecule has 0 aromatic carbocycles. The molecule has 0 saturated heterocycles. The average Bonchev–Trinajstić information content (AvgIpc) is 2.35. The SMILES string of the molecule is COC(=O)CCCCCCCCCCN=C=S. The molecule has 0 bridgehead atoms. The third-order valence-electron chi connectivity index (χ3n) is 2.69. The summed E-state index contributed by atoms with van der Waals surface area (Å²) in [6.45, 7) is 0.822.